The van der Waals surface area contributed by atoms with E-state index in [4.69, 9.17) is 19.6 Å². The van der Waals surface area contributed by atoms with Crippen molar-refractivity contribution >= 4 is 15.6 Å². The number of rotatable bonds is 2. The highest BCUT2D eigenvalue weighted by Gasteiger charge is 2.27. The maximum absolute atomic E-state index is 9.63. The van der Waals surface area contributed by atoms with Crippen molar-refractivity contribution in [1.29, 1.82) is 0 Å². The van der Waals surface area contributed by atoms with Gasteiger partial charge < -0.3 is 29.5 Å². The Bertz CT molecular complexity index is 409. The molecule has 2 aromatic rings. The first-order chi connectivity index (χ1) is 8.71. The van der Waals surface area contributed by atoms with E-state index >= 15 is 0 Å². The predicted octanol–water partition coefficient (Wildman–Crippen LogP) is 0.00780. The molecule has 0 aliphatic carbocycles. The van der Waals surface area contributed by atoms with Crippen LogP contribution >= 0.6 is 15.6 Å². The molecule has 0 saturated heterocycles. The summed E-state index contributed by atoms with van der Waals surface area (Å²) in [5, 5.41) is 0. The van der Waals surface area contributed by atoms with E-state index in [2.05, 4.69) is 24.2 Å². The maximum Gasteiger partial charge on any atom is 0.478 e. The van der Waals surface area contributed by atoms with Crippen molar-refractivity contribution in [2.45, 2.75) is 0 Å². The third-order valence-electron chi connectivity index (χ3n) is 1.02. The van der Waals surface area contributed by atoms with Crippen molar-refractivity contribution in [3.63, 3.8) is 0 Å². The average molecular weight is 314 g/mol. The third-order valence-corrected chi connectivity index (χ3v) is 2.73. The Hall–Kier alpha value is -1.32. The van der Waals surface area contributed by atoms with Gasteiger partial charge in [0.05, 0.1) is 12.7 Å². The number of imidazole rings is 2. The van der Waals surface area contributed by atoms with Crippen LogP contribution in [0.2, 0.25) is 0 Å². The average Bonchev–Trinajstić information content (AvgIpc) is 2.93. The topological polar surface area (TPSA) is 182 Å². The summed E-state index contributed by atoms with van der Waals surface area (Å²) in [5.41, 5.74) is 0. The van der Waals surface area contributed by atoms with Crippen molar-refractivity contribution in [3.8, 4) is 0 Å². The lowest BCUT2D eigenvalue weighted by Crippen LogP contribution is -1.84. The van der Waals surface area contributed by atoms with Crippen LogP contribution in [-0.2, 0) is 13.4 Å². The van der Waals surface area contributed by atoms with Gasteiger partial charge in [-0.15, -0.1) is 0 Å². The zero-order valence-corrected chi connectivity index (χ0v) is 11.1. The molecule has 0 fully saturated rings. The molecule has 19 heavy (non-hydrogen) atoms. The fourth-order valence-corrected chi connectivity index (χ4v) is 1.68. The van der Waals surface area contributed by atoms with Crippen LogP contribution in [0.5, 0.6) is 0 Å². The highest BCUT2D eigenvalue weighted by molar-refractivity contribution is 7.60. The molecule has 0 bridgehead atoms. The number of phosphoric acid groups is 2. The van der Waals surface area contributed by atoms with Crippen molar-refractivity contribution in [2.75, 3.05) is 0 Å². The monoisotopic (exact) mass is 314 g/mol. The fourth-order valence-electron chi connectivity index (χ4n) is 0.569. The van der Waals surface area contributed by atoms with Crippen LogP contribution in [0.15, 0.2) is 37.4 Å². The number of nitrogens with one attached hydrogen (secondary N) is 2. The first kappa shape index (κ1) is 17.7. The smallest absolute Gasteiger partial charge is 0.351 e. The SMILES string of the molecule is O=P(O)(O)OP(=O)(O)O.c1c[nH]cn1.c1c[nH]cn1. The summed E-state index contributed by atoms with van der Waals surface area (Å²) in [5.74, 6) is 0. The van der Waals surface area contributed by atoms with E-state index in [1.54, 1.807) is 37.4 Å². The van der Waals surface area contributed by atoms with Gasteiger partial charge in [-0.05, 0) is 0 Å². The van der Waals surface area contributed by atoms with E-state index in [9.17, 15) is 9.13 Å². The molecule has 0 saturated carbocycles. The number of aromatic nitrogens is 4. The molecule has 0 aromatic carbocycles. The Balaban J connectivity index is 0.000000273. The zero-order chi connectivity index (χ0) is 14.8. The van der Waals surface area contributed by atoms with Crippen LogP contribution in [0.3, 0.4) is 0 Å². The van der Waals surface area contributed by atoms with Gasteiger partial charge in [0.25, 0.3) is 0 Å². The second kappa shape index (κ2) is 8.73. The summed E-state index contributed by atoms with van der Waals surface area (Å²) in [7, 11) is -10.1. The van der Waals surface area contributed by atoms with Crippen LogP contribution in [0.25, 0.3) is 0 Å². The Labute approximate surface area is 107 Å². The summed E-state index contributed by atoms with van der Waals surface area (Å²) < 4.78 is 22.2. The van der Waals surface area contributed by atoms with Crippen LogP contribution in [0.1, 0.15) is 0 Å². The van der Waals surface area contributed by atoms with Crippen molar-refractivity contribution in [1.82, 2.24) is 19.9 Å². The third kappa shape index (κ3) is 16.7. The standard InChI is InChI=1S/2C3H4N2.H4O7P2/c2*1-2-5-3-4-1;1-8(2,3)7-9(4,5)6/h2*1-3H,(H,4,5);(H2,1,2,3)(H2,4,5,6). The molecule has 2 heterocycles. The summed E-state index contributed by atoms with van der Waals surface area (Å²) in [6, 6.07) is 0. The van der Waals surface area contributed by atoms with Gasteiger partial charge in [-0.2, -0.15) is 4.31 Å². The normalized spacial score (nSPS) is 10.7. The van der Waals surface area contributed by atoms with E-state index in [0.717, 1.165) is 0 Å². The van der Waals surface area contributed by atoms with Crippen LogP contribution in [0, 0.1) is 0 Å². The van der Waals surface area contributed by atoms with Crippen LogP contribution in [-0.4, -0.2) is 39.5 Å². The molecule has 2 rings (SSSR count). The molecule has 0 spiro atoms. The van der Waals surface area contributed by atoms with Gasteiger partial charge in [-0.1, -0.05) is 0 Å². The summed E-state index contributed by atoms with van der Waals surface area (Å²) in [6.45, 7) is 0. The molecule has 0 atom stereocenters. The highest BCUT2D eigenvalue weighted by atomic mass is 31.3. The minimum absolute atomic E-state index is 1.62. The Kier molecular flexibility index (Phi) is 8.12. The van der Waals surface area contributed by atoms with Crippen LogP contribution in [0.4, 0.5) is 0 Å². The molecule has 0 unspecified atom stereocenters. The van der Waals surface area contributed by atoms with Gasteiger partial charge in [-0.3, -0.25) is 0 Å². The second-order valence-electron chi connectivity index (χ2n) is 2.58. The molecular formula is C6H12N4O7P2. The van der Waals surface area contributed by atoms with Gasteiger partial charge in [0.15, 0.2) is 0 Å². The van der Waals surface area contributed by atoms with E-state index in [0.29, 0.717) is 0 Å². The molecular weight excluding hydrogens is 302 g/mol. The summed E-state index contributed by atoms with van der Waals surface area (Å²) >= 11 is 0. The maximum atomic E-state index is 9.63. The van der Waals surface area contributed by atoms with E-state index < -0.39 is 15.6 Å². The van der Waals surface area contributed by atoms with Crippen molar-refractivity contribution in [2.24, 2.45) is 0 Å². The highest BCUT2D eigenvalue weighted by Crippen LogP contribution is 2.53. The molecule has 0 radical (unpaired) electrons. The first-order valence-corrected chi connectivity index (χ1v) is 7.45. The molecule has 6 N–H and O–H groups in total. The van der Waals surface area contributed by atoms with Gasteiger partial charge >= 0.3 is 15.6 Å². The lowest BCUT2D eigenvalue weighted by Gasteiger charge is -2.03. The number of nitrogens with zero attached hydrogens (tertiary/aromatic N) is 2. The second-order valence-corrected chi connectivity index (χ2v) is 5.20. The largest absolute Gasteiger partial charge is 0.478 e. The Morgan fingerprint density at radius 2 is 1.21 bits per heavy atom. The molecule has 11 nitrogen and oxygen atoms in total. The first-order valence-electron chi connectivity index (χ1n) is 4.38. The fraction of sp³-hybridized carbons (Fsp3) is 0. The Morgan fingerprint density at radius 1 is 0.842 bits per heavy atom. The van der Waals surface area contributed by atoms with Gasteiger partial charge in [0.1, 0.15) is 0 Å². The lowest BCUT2D eigenvalue weighted by atomic mass is 11.0. The predicted molar refractivity (Wildman–Crippen MR) is 62.3 cm³/mol. The van der Waals surface area contributed by atoms with E-state index in [1.807, 2.05) is 0 Å². The minimum atomic E-state index is -5.05. The van der Waals surface area contributed by atoms with E-state index in [-0.39, 0.29) is 0 Å². The minimum Gasteiger partial charge on any atom is -0.351 e. The van der Waals surface area contributed by atoms with Gasteiger partial charge in [-0.25, -0.2) is 19.1 Å². The van der Waals surface area contributed by atoms with E-state index in [1.165, 1.54) is 0 Å². The molecule has 2 aromatic heterocycles. The van der Waals surface area contributed by atoms with Gasteiger partial charge in [0.2, 0.25) is 0 Å². The van der Waals surface area contributed by atoms with Crippen molar-refractivity contribution < 1.29 is 33.0 Å². The molecule has 108 valence electrons. The molecule has 13 heteroatoms. The number of aromatic amines is 2. The summed E-state index contributed by atoms with van der Waals surface area (Å²) in [4.78, 5) is 43.8. The lowest BCUT2D eigenvalue weighted by molar-refractivity contribution is 0.225. The Morgan fingerprint density at radius 3 is 1.26 bits per heavy atom. The number of hydrogen-bond acceptors (Lipinski definition) is 5. The molecule has 0 amide bonds. The molecule has 0 aliphatic rings. The summed E-state index contributed by atoms with van der Waals surface area (Å²) in [6.07, 6.45) is 10.2. The number of H-pyrrole nitrogens is 2. The van der Waals surface area contributed by atoms with Crippen LogP contribution < -0.4 is 0 Å². The zero-order valence-electron chi connectivity index (χ0n) is 9.27. The molecule has 0 aliphatic heterocycles. The number of hydrogen-bond donors (Lipinski definition) is 6. The van der Waals surface area contributed by atoms with Gasteiger partial charge in [0, 0.05) is 24.8 Å². The van der Waals surface area contributed by atoms with Crippen molar-refractivity contribution in [3.05, 3.63) is 37.4 Å². The quantitative estimate of drug-likeness (QED) is 0.416.